The second-order valence-electron chi connectivity index (χ2n) is 7.66. The number of rotatable bonds is 7. The molecule has 0 radical (unpaired) electrons. The number of para-hydroxylation sites is 2. The molecule has 4 rings (SSSR count). The van der Waals surface area contributed by atoms with Crippen LogP contribution in [0.2, 0.25) is 0 Å². The van der Waals surface area contributed by atoms with Crippen LogP contribution in [0.4, 0.5) is 5.69 Å². The number of anilines is 1. The van der Waals surface area contributed by atoms with Crippen LogP contribution in [0.25, 0.3) is 22.3 Å². The summed E-state index contributed by atoms with van der Waals surface area (Å²) in [6.07, 6.45) is 0.403. The molecule has 1 atom stereocenters. The van der Waals surface area contributed by atoms with Crippen molar-refractivity contribution in [2.75, 3.05) is 5.32 Å². The molecule has 7 heteroatoms. The van der Waals surface area contributed by atoms with Crippen LogP contribution in [0, 0.1) is 0 Å². The number of carbonyl (C=O) groups excluding carboxylic acids is 1. The lowest BCUT2D eigenvalue weighted by atomic mass is 9.95. The number of carbonyl (C=O) groups is 2. The maximum atomic E-state index is 13.4. The minimum Gasteiger partial charge on any atom is -0.481 e. The number of aromatic nitrogens is 2. The number of nitrogens with one attached hydrogen (secondary N) is 1. The van der Waals surface area contributed by atoms with Crippen LogP contribution < -0.4 is 11.1 Å². The number of amides is 1. The SMILES string of the molecule is CCC(C(=O)O)c1ccccc1NC(=O)c1nc(-c2cccc(CN)c2)nc2ccccc12. The van der Waals surface area contributed by atoms with Gasteiger partial charge in [-0.05, 0) is 35.7 Å². The van der Waals surface area contributed by atoms with Crippen LogP contribution >= 0.6 is 0 Å². The molecular weight excluding hydrogens is 416 g/mol. The van der Waals surface area contributed by atoms with Gasteiger partial charge in [0.2, 0.25) is 0 Å². The third-order valence-electron chi connectivity index (χ3n) is 5.53. The number of hydrogen-bond acceptors (Lipinski definition) is 5. The van der Waals surface area contributed by atoms with Crippen LogP contribution in [0.15, 0.2) is 72.8 Å². The molecule has 0 fully saturated rings. The first-order chi connectivity index (χ1) is 16.0. The fraction of sp³-hybridized carbons (Fsp3) is 0.154. The fourth-order valence-corrected chi connectivity index (χ4v) is 3.84. The Morgan fingerprint density at radius 1 is 1.00 bits per heavy atom. The van der Waals surface area contributed by atoms with E-state index in [0.29, 0.717) is 40.9 Å². The number of nitrogens with two attached hydrogens (primary N) is 1. The second-order valence-corrected chi connectivity index (χ2v) is 7.66. The summed E-state index contributed by atoms with van der Waals surface area (Å²) < 4.78 is 0. The van der Waals surface area contributed by atoms with E-state index in [1.54, 1.807) is 37.3 Å². The minimum atomic E-state index is -0.936. The Morgan fingerprint density at radius 3 is 2.52 bits per heavy atom. The molecule has 0 aliphatic heterocycles. The van der Waals surface area contributed by atoms with Gasteiger partial charge in [-0.15, -0.1) is 0 Å². The lowest BCUT2D eigenvalue weighted by Crippen LogP contribution is -2.19. The molecule has 4 aromatic rings. The van der Waals surface area contributed by atoms with Gasteiger partial charge in [0.25, 0.3) is 5.91 Å². The molecule has 0 aliphatic carbocycles. The van der Waals surface area contributed by atoms with Gasteiger partial charge in [0.1, 0.15) is 5.69 Å². The van der Waals surface area contributed by atoms with Crippen molar-refractivity contribution in [3.05, 3.63) is 89.6 Å². The number of benzene rings is 3. The van der Waals surface area contributed by atoms with Gasteiger partial charge in [-0.3, -0.25) is 9.59 Å². The summed E-state index contributed by atoms with van der Waals surface area (Å²) in [4.78, 5) is 34.4. The zero-order valence-corrected chi connectivity index (χ0v) is 18.2. The van der Waals surface area contributed by atoms with Crippen molar-refractivity contribution in [1.29, 1.82) is 0 Å². The van der Waals surface area contributed by atoms with Crippen molar-refractivity contribution >= 4 is 28.5 Å². The first-order valence-electron chi connectivity index (χ1n) is 10.7. The first kappa shape index (κ1) is 22.1. The van der Waals surface area contributed by atoms with Gasteiger partial charge in [0, 0.05) is 23.2 Å². The average Bonchev–Trinajstić information content (AvgIpc) is 2.84. The Balaban J connectivity index is 1.79. The smallest absolute Gasteiger partial charge is 0.311 e. The standard InChI is InChI=1S/C26H24N4O3/c1-2-18(26(32)33)19-10-3-5-12-21(19)29-25(31)23-20-11-4-6-13-22(20)28-24(30-23)17-9-7-8-16(14-17)15-27/h3-14,18H,2,15,27H2,1H3,(H,29,31)(H,32,33). The van der Waals surface area contributed by atoms with Crippen molar-refractivity contribution in [1.82, 2.24) is 9.97 Å². The molecule has 4 N–H and O–H groups in total. The molecule has 0 spiro atoms. The molecule has 1 aromatic heterocycles. The maximum Gasteiger partial charge on any atom is 0.311 e. The molecular formula is C26H24N4O3. The van der Waals surface area contributed by atoms with E-state index in [2.05, 4.69) is 15.3 Å². The van der Waals surface area contributed by atoms with Gasteiger partial charge >= 0.3 is 5.97 Å². The van der Waals surface area contributed by atoms with Crippen molar-refractivity contribution < 1.29 is 14.7 Å². The topological polar surface area (TPSA) is 118 Å². The summed E-state index contributed by atoms with van der Waals surface area (Å²) in [5, 5.41) is 13.1. The van der Waals surface area contributed by atoms with Crippen LogP contribution in [-0.4, -0.2) is 27.0 Å². The van der Waals surface area contributed by atoms with E-state index < -0.39 is 17.8 Å². The van der Waals surface area contributed by atoms with E-state index >= 15 is 0 Å². The third kappa shape index (κ3) is 4.58. The van der Waals surface area contributed by atoms with Gasteiger partial charge in [-0.2, -0.15) is 0 Å². The highest BCUT2D eigenvalue weighted by atomic mass is 16.4. The largest absolute Gasteiger partial charge is 0.481 e. The Bertz CT molecular complexity index is 1340. The number of hydrogen-bond donors (Lipinski definition) is 3. The van der Waals surface area contributed by atoms with Crippen molar-refractivity contribution in [3.63, 3.8) is 0 Å². The van der Waals surface area contributed by atoms with Gasteiger partial charge in [0.15, 0.2) is 5.82 Å². The molecule has 33 heavy (non-hydrogen) atoms. The summed E-state index contributed by atoms with van der Waals surface area (Å²) in [6, 6.07) is 21.8. The molecule has 1 amide bonds. The van der Waals surface area contributed by atoms with Gasteiger partial charge < -0.3 is 16.2 Å². The minimum absolute atomic E-state index is 0.215. The summed E-state index contributed by atoms with van der Waals surface area (Å²) in [7, 11) is 0. The predicted octanol–water partition coefficient (Wildman–Crippen LogP) is 4.59. The molecule has 166 valence electrons. The Kier molecular flexibility index (Phi) is 6.42. The quantitative estimate of drug-likeness (QED) is 0.387. The zero-order chi connectivity index (χ0) is 23.4. The summed E-state index contributed by atoms with van der Waals surface area (Å²) in [5.74, 6) is -1.68. The molecule has 1 heterocycles. The lowest BCUT2D eigenvalue weighted by molar-refractivity contribution is -0.138. The molecule has 0 aliphatic rings. The molecule has 0 saturated carbocycles. The monoisotopic (exact) mass is 440 g/mol. The first-order valence-corrected chi connectivity index (χ1v) is 10.7. The zero-order valence-electron chi connectivity index (χ0n) is 18.2. The Labute approximate surface area is 191 Å². The number of aliphatic carboxylic acids is 1. The predicted molar refractivity (Wildman–Crippen MR) is 128 cm³/mol. The molecule has 0 saturated heterocycles. The highest BCUT2D eigenvalue weighted by Crippen LogP contribution is 2.29. The number of fused-ring (bicyclic) bond motifs is 1. The van der Waals surface area contributed by atoms with Gasteiger partial charge in [-0.1, -0.05) is 61.5 Å². The highest BCUT2D eigenvalue weighted by molar-refractivity contribution is 6.11. The van der Waals surface area contributed by atoms with Crippen LogP contribution in [0.3, 0.4) is 0 Å². The van der Waals surface area contributed by atoms with E-state index in [1.165, 1.54) is 0 Å². The molecule has 0 bridgehead atoms. The molecule has 1 unspecified atom stereocenters. The molecule has 3 aromatic carbocycles. The average molecular weight is 441 g/mol. The van der Waals surface area contributed by atoms with Crippen molar-refractivity contribution in [2.45, 2.75) is 25.8 Å². The summed E-state index contributed by atoms with van der Waals surface area (Å²) >= 11 is 0. The van der Waals surface area contributed by atoms with E-state index in [1.807, 2.05) is 42.5 Å². The van der Waals surface area contributed by atoms with Crippen LogP contribution in [0.1, 0.15) is 40.9 Å². The third-order valence-corrected chi connectivity index (χ3v) is 5.53. The van der Waals surface area contributed by atoms with E-state index in [-0.39, 0.29) is 5.69 Å². The fourth-order valence-electron chi connectivity index (χ4n) is 3.84. The van der Waals surface area contributed by atoms with Gasteiger partial charge in [-0.25, -0.2) is 9.97 Å². The Hall–Kier alpha value is -4.10. The Morgan fingerprint density at radius 2 is 1.76 bits per heavy atom. The van der Waals surface area contributed by atoms with Crippen molar-refractivity contribution in [3.8, 4) is 11.4 Å². The summed E-state index contributed by atoms with van der Waals surface area (Å²) in [6.45, 7) is 2.19. The number of carboxylic acids is 1. The number of carboxylic acid groups (broad SMARTS) is 1. The molecule has 7 nitrogen and oxygen atoms in total. The number of nitrogens with zero attached hydrogens (tertiary/aromatic N) is 2. The van der Waals surface area contributed by atoms with Crippen LogP contribution in [0.5, 0.6) is 0 Å². The summed E-state index contributed by atoms with van der Waals surface area (Å²) in [5.41, 5.74) is 9.32. The van der Waals surface area contributed by atoms with E-state index in [9.17, 15) is 14.7 Å². The lowest BCUT2D eigenvalue weighted by Gasteiger charge is -2.16. The second kappa shape index (κ2) is 9.58. The van der Waals surface area contributed by atoms with E-state index in [4.69, 9.17) is 5.73 Å². The highest BCUT2D eigenvalue weighted by Gasteiger charge is 2.23. The van der Waals surface area contributed by atoms with Crippen molar-refractivity contribution in [2.24, 2.45) is 5.73 Å². The van der Waals surface area contributed by atoms with Crippen LogP contribution in [-0.2, 0) is 11.3 Å². The normalized spacial score (nSPS) is 11.8. The van der Waals surface area contributed by atoms with Gasteiger partial charge in [0.05, 0.1) is 11.4 Å². The maximum absolute atomic E-state index is 13.4. The van der Waals surface area contributed by atoms with E-state index in [0.717, 1.165) is 11.1 Å².